The fourth-order valence-electron chi connectivity index (χ4n) is 2.44. The molecule has 0 saturated carbocycles. The number of anilines is 1. The molecule has 0 saturated heterocycles. The highest BCUT2D eigenvalue weighted by molar-refractivity contribution is 5.46. The molecule has 118 valence electrons. The van der Waals surface area contributed by atoms with Crippen LogP contribution in [0.5, 0.6) is 5.75 Å². The summed E-state index contributed by atoms with van der Waals surface area (Å²) in [5.74, 6) is 1.25. The third kappa shape index (κ3) is 3.17. The Kier molecular flexibility index (Phi) is 4.25. The smallest absolute Gasteiger partial charge is 0.259 e. The van der Waals surface area contributed by atoms with Gasteiger partial charge in [0.25, 0.3) is 5.56 Å². The van der Waals surface area contributed by atoms with Crippen LogP contribution in [0.3, 0.4) is 0 Å². The highest BCUT2D eigenvalue weighted by atomic mass is 16.5. The van der Waals surface area contributed by atoms with Gasteiger partial charge in [0.05, 0.1) is 13.2 Å². The number of methoxy groups -OCH3 is 1. The molecule has 6 heteroatoms. The van der Waals surface area contributed by atoms with E-state index >= 15 is 0 Å². The van der Waals surface area contributed by atoms with Gasteiger partial charge in [-0.2, -0.15) is 0 Å². The number of nitrogens with one attached hydrogen (secondary N) is 1. The lowest BCUT2D eigenvalue weighted by atomic mass is 10.1. The summed E-state index contributed by atoms with van der Waals surface area (Å²) < 4.78 is 6.81. The summed E-state index contributed by atoms with van der Waals surface area (Å²) in [5, 5.41) is 3.12. The number of fused-ring (bicyclic) bond motifs is 1. The molecule has 0 radical (unpaired) electrons. The summed E-state index contributed by atoms with van der Waals surface area (Å²) in [6.07, 6.45) is 1.69. The maximum Gasteiger partial charge on any atom is 0.259 e. The van der Waals surface area contributed by atoms with Gasteiger partial charge in [0.1, 0.15) is 17.2 Å². The van der Waals surface area contributed by atoms with Crippen molar-refractivity contribution >= 4 is 11.5 Å². The predicted molar refractivity (Wildman–Crippen MR) is 89.9 cm³/mol. The van der Waals surface area contributed by atoms with Crippen molar-refractivity contribution in [3.63, 3.8) is 0 Å². The van der Waals surface area contributed by atoms with Gasteiger partial charge in [-0.25, -0.2) is 4.98 Å². The lowest BCUT2D eigenvalue weighted by molar-refractivity contribution is 0.406. The Bertz CT molecular complexity index is 876. The normalized spacial score (nSPS) is 12.1. The van der Waals surface area contributed by atoms with Crippen molar-refractivity contribution in [3.8, 4) is 5.75 Å². The number of hydrogen-bond acceptors (Lipinski definition) is 5. The van der Waals surface area contributed by atoms with Crippen molar-refractivity contribution in [2.45, 2.75) is 6.04 Å². The van der Waals surface area contributed by atoms with Crippen molar-refractivity contribution in [3.05, 3.63) is 70.6 Å². The molecule has 2 aromatic heterocycles. The fraction of sp³-hybridized carbons (Fsp3) is 0.176. The van der Waals surface area contributed by atoms with Crippen LogP contribution >= 0.6 is 0 Å². The molecule has 23 heavy (non-hydrogen) atoms. The number of para-hydroxylation sites is 1. The molecule has 0 aliphatic rings. The molecule has 0 spiro atoms. The minimum atomic E-state index is -0.276. The van der Waals surface area contributed by atoms with Crippen molar-refractivity contribution < 1.29 is 4.74 Å². The predicted octanol–water partition coefficient (Wildman–Crippen LogP) is 1.81. The van der Waals surface area contributed by atoms with Gasteiger partial charge in [-0.3, -0.25) is 9.20 Å². The van der Waals surface area contributed by atoms with Gasteiger partial charge in [-0.1, -0.05) is 24.3 Å². The van der Waals surface area contributed by atoms with Crippen LogP contribution in [0.25, 0.3) is 5.65 Å². The standard InChI is InChI=1S/C17H18N4O2/c1-23-14-7-3-2-6-12(14)13(18)11-19-15-10-17(22)21-9-5-4-8-16(21)20-15/h2-10,13,19H,11,18H2,1H3. The molecule has 3 N–H and O–H groups in total. The van der Waals surface area contributed by atoms with Crippen LogP contribution in [0.4, 0.5) is 5.82 Å². The number of pyridine rings is 1. The van der Waals surface area contributed by atoms with Gasteiger partial charge >= 0.3 is 0 Å². The number of ether oxygens (including phenoxy) is 1. The largest absolute Gasteiger partial charge is 0.496 e. The summed E-state index contributed by atoms with van der Waals surface area (Å²) in [4.78, 5) is 16.5. The minimum absolute atomic E-state index is 0.135. The third-order valence-electron chi connectivity index (χ3n) is 3.61. The summed E-state index contributed by atoms with van der Waals surface area (Å²) in [6, 6.07) is 14.2. The molecular weight excluding hydrogens is 292 g/mol. The topological polar surface area (TPSA) is 81.6 Å². The van der Waals surface area contributed by atoms with Gasteiger partial charge in [-0.05, 0) is 18.2 Å². The number of rotatable bonds is 5. The van der Waals surface area contributed by atoms with E-state index < -0.39 is 0 Å². The number of hydrogen-bond donors (Lipinski definition) is 2. The third-order valence-corrected chi connectivity index (χ3v) is 3.61. The molecule has 0 aliphatic carbocycles. The van der Waals surface area contributed by atoms with Gasteiger partial charge < -0.3 is 15.8 Å². The molecule has 6 nitrogen and oxygen atoms in total. The first kappa shape index (κ1) is 15.1. The highest BCUT2D eigenvalue weighted by Crippen LogP contribution is 2.23. The summed E-state index contributed by atoms with van der Waals surface area (Å²) in [6.45, 7) is 0.440. The van der Waals surface area contributed by atoms with E-state index in [4.69, 9.17) is 10.5 Å². The Hall–Kier alpha value is -2.86. The average Bonchev–Trinajstić information content (AvgIpc) is 2.59. The molecule has 1 aromatic carbocycles. The molecule has 0 aliphatic heterocycles. The number of nitrogens with zero attached hydrogens (tertiary/aromatic N) is 2. The highest BCUT2D eigenvalue weighted by Gasteiger charge is 2.11. The lowest BCUT2D eigenvalue weighted by Crippen LogP contribution is -2.23. The SMILES string of the molecule is COc1ccccc1C(N)CNc1cc(=O)n2ccccc2n1. The second-order valence-electron chi connectivity index (χ2n) is 5.14. The van der Waals surface area contributed by atoms with Crippen LogP contribution in [0.15, 0.2) is 59.5 Å². The van der Waals surface area contributed by atoms with Crippen LogP contribution in [0, 0.1) is 0 Å². The molecule has 3 rings (SSSR count). The number of aromatic nitrogens is 2. The zero-order valence-corrected chi connectivity index (χ0v) is 12.8. The molecule has 0 fully saturated rings. The Morgan fingerprint density at radius 2 is 2.04 bits per heavy atom. The molecule has 1 unspecified atom stereocenters. The van der Waals surface area contributed by atoms with E-state index in [1.165, 1.54) is 10.5 Å². The van der Waals surface area contributed by atoms with E-state index in [1.54, 1.807) is 25.4 Å². The lowest BCUT2D eigenvalue weighted by Gasteiger charge is -2.16. The molecule has 3 aromatic rings. The van der Waals surface area contributed by atoms with E-state index in [9.17, 15) is 4.79 Å². The van der Waals surface area contributed by atoms with E-state index in [1.807, 2.05) is 30.3 Å². The van der Waals surface area contributed by atoms with Crippen LogP contribution in [-0.2, 0) is 0 Å². The summed E-state index contributed by atoms with van der Waals surface area (Å²) >= 11 is 0. The Labute approximate surface area is 133 Å². The number of nitrogens with two attached hydrogens (primary N) is 1. The first-order valence-electron chi connectivity index (χ1n) is 7.30. The van der Waals surface area contributed by atoms with Crippen molar-refractivity contribution in [1.82, 2.24) is 9.38 Å². The fourth-order valence-corrected chi connectivity index (χ4v) is 2.44. The van der Waals surface area contributed by atoms with Crippen LogP contribution in [0.1, 0.15) is 11.6 Å². The van der Waals surface area contributed by atoms with Crippen molar-refractivity contribution in [2.24, 2.45) is 5.73 Å². The van der Waals surface area contributed by atoms with Gasteiger partial charge in [0.15, 0.2) is 0 Å². The number of benzene rings is 1. The van der Waals surface area contributed by atoms with Crippen molar-refractivity contribution in [1.29, 1.82) is 0 Å². The Balaban J connectivity index is 1.79. The molecule has 1 atom stereocenters. The second-order valence-corrected chi connectivity index (χ2v) is 5.14. The quantitative estimate of drug-likeness (QED) is 0.751. The molecular formula is C17H18N4O2. The van der Waals surface area contributed by atoms with Gasteiger partial charge in [-0.15, -0.1) is 0 Å². The van der Waals surface area contributed by atoms with Crippen molar-refractivity contribution in [2.75, 3.05) is 19.0 Å². The zero-order valence-electron chi connectivity index (χ0n) is 12.8. The van der Waals surface area contributed by atoms with E-state index in [-0.39, 0.29) is 11.6 Å². The van der Waals surface area contributed by atoms with Crippen LogP contribution in [-0.4, -0.2) is 23.0 Å². The molecule has 2 heterocycles. The maximum absolute atomic E-state index is 12.0. The Morgan fingerprint density at radius 3 is 2.87 bits per heavy atom. The first-order chi connectivity index (χ1) is 11.2. The van der Waals surface area contributed by atoms with Gasteiger partial charge in [0.2, 0.25) is 0 Å². The average molecular weight is 310 g/mol. The van der Waals surface area contributed by atoms with Crippen LogP contribution < -0.4 is 21.3 Å². The second kappa shape index (κ2) is 6.50. The first-order valence-corrected chi connectivity index (χ1v) is 7.30. The van der Waals surface area contributed by atoms with Crippen LogP contribution in [0.2, 0.25) is 0 Å². The summed E-state index contributed by atoms with van der Waals surface area (Å²) in [7, 11) is 1.62. The van der Waals surface area contributed by atoms with Gasteiger partial charge in [0, 0.05) is 24.4 Å². The zero-order chi connectivity index (χ0) is 16.2. The Morgan fingerprint density at radius 1 is 1.26 bits per heavy atom. The molecule has 0 bridgehead atoms. The van der Waals surface area contributed by atoms with E-state index in [0.29, 0.717) is 18.0 Å². The monoisotopic (exact) mass is 310 g/mol. The summed E-state index contributed by atoms with van der Waals surface area (Å²) in [5.41, 5.74) is 7.57. The van der Waals surface area contributed by atoms with E-state index in [0.717, 1.165) is 11.3 Å². The minimum Gasteiger partial charge on any atom is -0.496 e. The molecule has 0 amide bonds. The maximum atomic E-state index is 12.0. The van der Waals surface area contributed by atoms with E-state index in [2.05, 4.69) is 10.3 Å².